The largest absolute Gasteiger partial charge is 0.496 e. The maximum atomic E-state index is 12.4. The van der Waals surface area contributed by atoms with Gasteiger partial charge in [0.2, 0.25) is 10.0 Å². The van der Waals surface area contributed by atoms with Gasteiger partial charge in [-0.1, -0.05) is 25.1 Å². The van der Waals surface area contributed by atoms with Crippen LogP contribution in [0.1, 0.15) is 19.4 Å². The summed E-state index contributed by atoms with van der Waals surface area (Å²) >= 11 is 0. The van der Waals surface area contributed by atoms with Gasteiger partial charge in [-0.25, -0.2) is 12.7 Å². The number of hydrogen-bond donors (Lipinski definition) is 1. The Morgan fingerprint density at radius 2 is 2.00 bits per heavy atom. The summed E-state index contributed by atoms with van der Waals surface area (Å²) in [4.78, 5) is 0. The van der Waals surface area contributed by atoms with Crippen LogP contribution in [0.4, 0.5) is 0 Å². The van der Waals surface area contributed by atoms with Gasteiger partial charge in [0, 0.05) is 25.7 Å². The number of para-hydroxylation sites is 1. The lowest BCUT2D eigenvalue weighted by molar-refractivity contribution is 0.396. The van der Waals surface area contributed by atoms with Gasteiger partial charge >= 0.3 is 0 Å². The van der Waals surface area contributed by atoms with E-state index in [1.807, 2.05) is 31.2 Å². The Kier molecular flexibility index (Phi) is 6.45. The quantitative estimate of drug-likeness (QED) is 0.789. The highest BCUT2D eigenvalue weighted by Gasteiger charge is 2.26. The van der Waals surface area contributed by atoms with Crippen LogP contribution in [0, 0.1) is 0 Å². The molecule has 1 N–H and O–H groups in total. The van der Waals surface area contributed by atoms with E-state index < -0.39 is 15.3 Å². The first kappa shape index (κ1) is 16.9. The molecule has 0 spiro atoms. The highest BCUT2D eigenvalue weighted by atomic mass is 32.2. The lowest BCUT2D eigenvalue weighted by Gasteiger charge is -2.23. The Hall–Kier alpha value is -1.11. The molecule has 1 unspecified atom stereocenters. The number of methoxy groups -OCH3 is 1. The van der Waals surface area contributed by atoms with E-state index in [-0.39, 0.29) is 0 Å². The third kappa shape index (κ3) is 4.19. The Morgan fingerprint density at radius 1 is 1.35 bits per heavy atom. The van der Waals surface area contributed by atoms with Crippen molar-refractivity contribution in [2.75, 3.05) is 27.2 Å². The lowest BCUT2D eigenvalue weighted by atomic mass is 10.2. The average molecular weight is 300 g/mol. The van der Waals surface area contributed by atoms with Crippen LogP contribution in [-0.2, 0) is 16.6 Å². The molecule has 0 saturated carbocycles. The number of benzene rings is 1. The van der Waals surface area contributed by atoms with Crippen molar-refractivity contribution in [3.05, 3.63) is 29.8 Å². The minimum Gasteiger partial charge on any atom is -0.496 e. The summed E-state index contributed by atoms with van der Waals surface area (Å²) in [6.45, 7) is 5.20. The summed E-state index contributed by atoms with van der Waals surface area (Å²) in [5.74, 6) is 0.703. The Balaban J connectivity index is 2.81. The SMILES string of the molecule is CCNCC(C)S(=O)(=O)N(C)Cc1ccccc1OC. The number of nitrogens with one attached hydrogen (secondary N) is 1. The lowest BCUT2D eigenvalue weighted by Crippen LogP contribution is -2.39. The van der Waals surface area contributed by atoms with E-state index in [0.29, 0.717) is 18.8 Å². The standard InChI is InChI=1S/C14H24N2O3S/c1-5-15-10-12(2)20(17,18)16(3)11-13-8-6-7-9-14(13)19-4/h6-9,12,15H,5,10-11H2,1-4H3. The van der Waals surface area contributed by atoms with Crippen molar-refractivity contribution in [2.45, 2.75) is 25.6 Å². The molecule has 0 bridgehead atoms. The third-order valence-electron chi connectivity index (χ3n) is 3.21. The molecule has 1 aromatic rings. The monoisotopic (exact) mass is 300 g/mol. The van der Waals surface area contributed by atoms with Gasteiger partial charge in [-0.2, -0.15) is 0 Å². The predicted octanol–water partition coefficient (Wildman–Crippen LogP) is 1.45. The van der Waals surface area contributed by atoms with Gasteiger partial charge < -0.3 is 10.1 Å². The predicted molar refractivity (Wildman–Crippen MR) is 81.4 cm³/mol. The molecule has 0 aromatic heterocycles. The van der Waals surface area contributed by atoms with Crippen molar-refractivity contribution in [1.29, 1.82) is 0 Å². The van der Waals surface area contributed by atoms with E-state index in [0.717, 1.165) is 12.1 Å². The molecular weight excluding hydrogens is 276 g/mol. The van der Waals surface area contributed by atoms with Crippen molar-refractivity contribution in [1.82, 2.24) is 9.62 Å². The molecule has 0 radical (unpaired) electrons. The molecule has 0 saturated heterocycles. The van der Waals surface area contributed by atoms with E-state index in [1.165, 1.54) is 4.31 Å². The summed E-state index contributed by atoms with van der Waals surface area (Å²) in [5.41, 5.74) is 0.858. The summed E-state index contributed by atoms with van der Waals surface area (Å²) in [6, 6.07) is 7.45. The van der Waals surface area contributed by atoms with Gasteiger partial charge in [-0.3, -0.25) is 0 Å². The van der Waals surface area contributed by atoms with Crippen molar-refractivity contribution in [3.63, 3.8) is 0 Å². The van der Waals surface area contributed by atoms with Crippen LogP contribution >= 0.6 is 0 Å². The molecule has 0 aliphatic rings. The van der Waals surface area contributed by atoms with Crippen LogP contribution in [-0.4, -0.2) is 45.2 Å². The first-order valence-corrected chi connectivity index (χ1v) is 8.21. The molecule has 6 heteroatoms. The molecule has 0 aliphatic carbocycles. The third-order valence-corrected chi connectivity index (χ3v) is 5.39. The zero-order chi connectivity index (χ0) is 15.2. The second kappa shape index (κ2) is 7.61. The number of ether oxygens (including phenoxy) is 1. The topological polar surface area (TPSA) is 58.6 Å². The molecule has 0 aliphatic heterocycles. The molecule has 1 aromatic carbocycles. The van der Waals surface area contributed by atoms with Gasteiger partial charge in [-0.15, -0.1) is 0 Å². The second-order valence-corrected chi connectivity index (χ2v) is 7.19. The smallest absolute Gasteiger partial charge is 0.218 e. The number of sulfonamides is 1. The maximum absolute atomic E-state index is 12.4. The Bertz CT molecular complexity index is 517. The van der Waals surface area contributed by atoms with Crippen LogP contribution in [0.3, 0.4) is 0 Å². The second-order valence-electron chi connectivity index (χ2n) is 4.73. The number of nitrogens with zero attached hydrogens (tertiary/aromatic N) is 1. The van der Waals surface area contributed by atoms with E-state index in [2.05, 4.69) is 5.32 Å². The maximum Gasteiger partial charge on any atom is 0.218 e. The molecule has 5 nitrogen and oxygen atoms in total. The summed E-state index contributed by atoms with van der Waals surface area (Å²) in [5, 5.41) is 2.61. The summed E-state index contributed by atoms with van der Waals surface area (Å²) in [6.07, 6.45) is 0. The van der Waals surface area contributed by atoms with Crippen molar-refractivity contribution in [2.24, 2.45) is 0 Å². The van der Waals surface area contributed by atoms with Crippen molar-refractivity contribution < 1.29 is 13.2 Å². The normalized spacial score (nSPS) is 13.4. The fourth-order valence-electron chi connectivity index (χ4n) is 1.92. The molecule has 0 amide bonds. The number of hydrogen-bond acceptors (Lipinski definition) is 4. The van der Waals surface area contributed by atoms with Gasteiger partial charge in [0.1, 0.15) is 5.75 Å². The fourth-order valence-corrected chi connectivity index (χ4v) is 3.19. The Morgan fingerprint density at radius 3 is 2.60 bits per heavy atom. The van der Waals surface area contributed by atoms with Gasteiger partial charge in [0.15, 0.2) is 0 Å². The molecule has 20 heavy (non-hydrogen) atoms. The molecule has 1 rings (SSSR count). The molecule has 114 valence electrons. The van der Waals surface area contributed by atoms with Crippen LogP contribution in [0.15, 0.2) is 24.3 Å². The first-order valence-electron chi connectivity index (χ1n) is 6.71. The van der Waals surface area contributed by atoms with Gasteiger partial charge in [0.25, 0.3) is 0 Å². The summed E-state index contributed by atoms with van der Waals surface area (Å²) in [7, 11) is -0.133. The Labute approximate surface area is 122 Å². The zero-order valence-electron chi connectivity index (χ0n) is 12.6. The van der Waals surface area contributed by atoms with Crippen LogP contribution in [0.2, 0.25) is 0 Å². The van der Waals surface area contributed by atoms with Crippen molar-refractivity contribution >= 4 is 10.0 Å². The fraction of sp³-hybridized carbons (Fsp3) is 0.571. The zero-order valence-corrected chi connectivity index (χ0v) is 13.4. The summed E-state index contributed by atoms with van der Waals surface area (Å²) < 4.78 is 31.4. The molecule has 0 heterocycles. The van der Waals surface area contributed by atoms with Crippen molar-refractivity contribution in [3.8, 4) is 5.75 Å². The van der Waals surface area contributed by atoms with E-state index in [1.54, 1.807) is 21.1 Å². The van der Waals surface area contributed by atoms with Gasteiger partial charge in [-0.05, 0) is 19.5 Å². The molecule has 0 fully saturated rings. The minimum absolute atomic E-state index is 0.308. The highest BCUT2D eigenvalue weighted by Crippen LogP contribution is 2.20. The van der Waals surface area contributed by atoms with Crippen LogP contribution in [0.5, 0.6) is 5.75 Å². The molecular formula is C14H24N2O3S. The van der Waals surface area contributed by atoms with Gasteiger partial charge in [0.05, 0.1) is 12.4 Å². The van der Waals surface area contributed by atoms with Crippen LogP contribution < -0.4 is 10.1 Å². The molecule has 1 atom stereocenters. The first-order chi connectivity index (χ1) is 9.43. The highest BCUT2D eigenvalue weighted by molar-refractivity contribution is 7.89. The number of rotatable bonds is 8. The minimum atomic E-state index is -3.32. The van der Waals surface area contributed by atoms with E-state index in [9.17, 15) is 8.42 Å². The van der Waals surface area contributed by atoms with E-state index >= 15 is 0 Å². The van der Waals surface area contributed by atoms with E-state index in [4.69, 9.17) is 4.74 Å². The average Bonchev–Trinajstić information content (AvgIpc) is 2.45. The van der Waals surface area contributed by atoms with Crippen LogP contribution in [0.25, 0.3) is 0 Å².